The summed E-state index contributed by atoms with van der Waals surface area (Å²) in [5.74, 6) is -0.872. The van der Waals surface area contributed by atoms with Gasteiger partial charge in [0.15, 0.2) is 6.10 Å². The third kappa shape index (κ3) is 57.0. The van der Waals surface area contributed by atoms with Gasteiger partial charge in [-0.2, -0.15) is 0 Å². The van der Waals surface area contributed by atoms with Crippen LogP contribution in [0.4, 0.5) is 0 Å². The number of unbranched alkanes of at least 4 members (excludes halogenated alkanes) is 14. The first-order valence-corrected chi connectivity index (χ1v) is 29.8. The second-order valence-corrected chi connectivity index (χ2v) is 19.5. The van der Waals surface area contributed by atoms with Crippen molar-refractivity contribution >= 4 is 19.8 Å². The molecule has 2 atom stereocenters. The number of carbonyl (C=O) groups is 2. The number of allylic oxidation sites excluding steroid dienone is 24. The number of phosphoric acid groups is 1. The number of hydrogen-bond acceptors (Lipinski definition) is 8. The Balaban J connectivity index is 4.04. The van der Waals surface area contributed by atoms with Crippen molar-refractivity contribution in [3.63, 3.8) is 0 Å². The molecule has 412 valence electrons. The summed E-state index contributed by atoms with van der Waals surface area (Å²) >= 11 is 0. The highest BCUT2D eigenvalue weighted by molar-refractivity contribution is 7.47. The van der Waals surface area contributed by atoms with Crippen LogP contribution in [-0.2, 0) is 32.7 Å². The lowest BCUT2D eigenvalue weighted by molar-refractivity contribution is -0.161. The van der Waals surface area contributed by atoms with Crippen LogP contribution >= 0.6 is 7.82 Å². The molecule has 3 N–H and O–H groups in total. The molecule has 0 aromatic rings. The van der Waals surface area contributed by atoms with E-state index in [4.69, 9.17) is 24.3 Å². The zero-order valence-electron chi connectivity index (χ0n) is 45.8. The van der Waals surface area contributed by atoms with E-state index >= 15 is 0 Å². The van der Waals surface area contributed by atoms with E-state index in [1.807, 2.05) is 0 Å². The smallest absolute Gasteiger partial charge is 0.462 e. The van der Waals surface area contributed by atoms with Crippen LogP contribution < -0.4 is 5.73 Å². The Bertz CT molecular complexity index is 1700. The van der Waals surface area contributed by atoms with E-state index < -0.39 is 32.5 Å². The Morgan fingerprint density at radius 1 is 0.411 bits per heavy atom. The predicted octanol–water partition coefficient (Wildman–Crippen LogP) is 18.0. The molecule has 2 unspecified atom stereocenters. The molecular weight excluding hydrogens is 930 g/mol. The van der Waals surface area contributed by atoms with Crippen LogP contribution in [0.3, 0.4) is 0 Å². The Morgan fingerprint density at radius 3 is 1.05 bits per heavy atom. The van der Waals surface area contributed by atoms with Gasteiger partial charge < -0.3 is 20.1 Å². The number of nitrogens with two attached hydrogens (primary N) is 1. The molecule has 10 heteroatoms. The summed E-state index contributed by atoms with van der Waals surface area (Å²) in [7, 11) is -4.40. The van der Waals surface area contributed by atoms with Crippen LogP contribution in [0.5, 0.6) is 0 Å². The van der Waals surface area contributed by atoms with Gasteiger partial charge in [-0.25, -0.2) is 4.57 Å². The summed E-state index contributed by atoms with van der Waals surface area (Å²) in [6.07, 6.45) is 81.8. The molecule has 0 radical (unpaired) electrons. The van der Waals surface area contributed by atoms with Gasteiger partial charge in [-0.3, -0.25) is 18.6 Å². The minimum Gasteiger partial charge on any atom is -0.462 e. The molecule has 0 aromatic carbocycles. The van der Waals surface area contributed by atoms with Crippen LogP contribution in [0.2, 0.25) is 0 Å². The number of esters is 2. The molecule has 0 rings (SSSR count). The lowest BCUT2D eigenvalue weighted by Crippen LogP contribution is -2.29. The van der Waals surface area contributed by atoms with Gasteiger partial charge in [-0.05, 0) is 116 Å². The Morgan fingerprint density at radius 2 is 0.712 bits per heavy atom. The Kier molecular flexibility index (Phi) is 54.0. The minimum absolute atomic E-state index is 0.0413. The van der Waals surface area contributed by atoms with Crippen molar-refractivity contribution in [3.8, 4) is 0 Å². The fraction of sp³-hybridized carbons (Fsp3) is 0.587. The molecule has 0 aliphatic rings. The first-order chi connectivity index (χ1) is 35.8. The molecule has 73 heavy (non-hydrogen) atoms. The average Bonchev–Trinajstić information content (AvgIpc) is 3.38. The van der Waals surface area contributed by atoms with E-state index in [0.717, 1.165) is 128 Å². The quantitative estimate of drug-likeness (QED) is 0.0264. The summed E-state index contributed by atoms with van der Waals surface area (Å²) < 4.78 is 33.0. The first-order valence-electron chi connectivity index (χ1n) is 28.3. The van der Waals surface area contributed by atoms with Gasteiger partial charge >= 0.3 is 19.8 Å². The Labute approximate surface area is 446 Å². The summed E-state index contributed by atoms with van der Waals surface area (Å²) in [6.45, 7) is 3.46. The van der Waals surface area contributed by atoms with Gasteiger partial charge in [0, 0.05) is 19.4 Å². The predicted molar refractivity (Wildman–Crippen MR) is 311 cm³/mol. The van der Waals surface area contributed by atoms with Gasteiger partial charge in [0.25, 0.3) is 0 Å². The van der Waals surface area contributed by atoms with E-state index in [1.54, 1.807) is 0 Å². The third-order valence-electron chi connectivity index (χ3n) is 11.2. The highest BCUT2D eigenvalue weighted by atomic mass is 31.2. The molecule has 0 saturated carbocycles. The molecule has 0 saturated heterocycles. The third-order valence-corrected chi connectivity index (χ3v) is 12.2. The first kappa shape index (κ1) is 68.9. The topological polar surface area (TPSA) is 134 Å². The number of ether oxygens (including phenoxy) is 2. The molecule has 0 bridgehead atoms. The van der Waals surface area contributed by atoms with Crippen molar-refractivity contribution in [1.29, 1.82) is 0 Å². The molecule has 0 heterocycles. The molecular formula is C63H102NO8P. The second-order valence-electron chi connectivity index (χ2n) is 18.0. The summed E-state index contributed by atoms with van der Waals surface area (Å²) in [6, 6.07) is 0. The maximum absolute atomic E-state index is 12.7. The summed E-state index contributed by atoms with van der Waals surface area (Å²) in [5.41, 5.74) is 5.37. The highest BCUT2D eigenvalue weighted by Gasteiger charge is 2.26. The number of carbonyl (C=O) groups excluding carboxylic acids is 2. The maximum atomic E-state index is 12.7. The van der Waals surface area contributed by atoms with E-state index in [0.29, 0.717) is 12.8 Å². The zero-order valence-corrected chi connectivity index (χ0v) is 46.7. The van der Waals surface area contributed by atoms with E-state index in [1.165, 1.54) is 38.5 Å². The largest absolute Gasteiger partial charge is 0.472 e. The molecule has 9 nitrogen and oxygen atoms in total. The zero-order chi connectivity index (χ0) is 53.1. The fourth-order valence-corrected chi connectivity index (χ4v) is 7.88. The van der Waals surface area contributed by atoms with Gasteiger partial charge in [0.1, 0.15) is 6.61 Å². The minimum atomic E-state index is -4.40. The normalized spacial score (nSPS) is 14.2. The van der Waals surface area contributed by atoms with E-state index in [-0.39, 0.29) is 32.6 Å². The van der Waals surface area contributed by atoms with Gasteiger partial charge in [0.2, 0.25) is 0 Å². The van der Waals surface area contributed by atoms with Gasteiger partial charge in [-0.15, -0.1) is 0 Å². The van der Waals surface area contributed by atoms with Crippen LogP contribution in [0, 0.1) is 0 Å². The Hall–Kier alpha value is -4.11. The standard InChI is InChI=1S/C63H102NO8P/c1-3-5-7-9-11-13-15-17-19-21-22-23-24-25-26-27-28-29-30-31-32-33-34-35-36-37-38-40-42-44-46-48-50-52-54-56-63(66)72-61(60-71-73(67,68)70-58-57-64)59-69-62(65)55-53-51-49-47-45-43-41-39-20-18-16-14-12-10-8-6-4-2/h5-8,11-14,17-20,22-23,25-26,28-29,31-32,34-35,41,43,61H,3-4,9-10,15-16,21,24,27,30,33,36-40,42,44-60,64H2,1-2H3,(H,67,68)/b7-5-,8-6-,13-11-,14-12-,19-17-,20-18-,23-22-,26-25-,29-28-,32-31-,35-34-,43-41-. The average molecular weight is 1030 g/mol. The number of hydrogen-bond donors (Lipinski definition) is 2. The van der Waals surface area contributed by atoms with Crippen molar-refractivity contribution in [1.82, 2.24) is 0 Å². The number of rotatable bonds is 51. The molecule has 0 fully saturated rings. The molecule has 0 spiro atoms. The summed E-state index contributed by atoms with van der Waals surface area (Å²) in [4.78, 5) is 35.1. The lowest BCUT2D eigenvalue weighted by Gasteiger charge is -2.19. The monoisotopic (exact) mass is 1030 g/mol. The van der Waals surface area contributed by atoms with Gasteiger partial charge in [-0.1, -0.05) is 224 Å². The number of phosphoric ester groups is 1. The van der Waals surface area contributed by atoms with Crippen LogP contribution in [-0.4, -0.2) is 49.3 Å². The van der Waals surface area contributed by atoms with Crippen molar-refractivity contribution in [3.05, 3.63) is 146 Å². The van der Waals surface area contributed by atoms with E-state index in [2.05, 4.69) is 160 Å². The lowest BCUT2D eigenvalue weighted by atomic mass is 10.0. The maximum Gasteiger partial charge on any atom is 0.472 e. The van der Waals surface area contributed by atoms with Crippen LogP contribution in [0.1, 0.15) is 206 Å². The SMILES string of the molecule is CC/C=C\C/C=C\C/C=C\C/C=C\C/C=C\C/C=C\C/C=C\C/C=C\CCCCCCCCCCCCC(=O)OC(COC(=O)CCCCCC/C=C\C/C=C\C/C=C\C/C=C\CC)COP(=O)(O)OCCN. The van der Waals surface area contributed by atoms with Crippen LogP contribution in [0.15, 0.2) is 146 Å². The van der Waals surface area contributed by atoms with E-state index in [9.17, 15) is 19.0 Å². The molecule has 0 aliphatic heterocycles. The van der Waals surface area contributed by atoms with Crippen molar-refractivity contribution in [2.45, 2.75) is 213 Å². The molecule has 0 aliphatic carbocycles. The highest BCUT2D eigenvalue weighted by Crippen LogP contribution is 2.43. The molecule has 0 aromatic heterocycles. The van der Waals surface area contributed by atoms with Crippen LogP contribution in [0.25, 0.3) is 0 Å². The van der Waals surface area contributed by atoms with Crippen molar-refractivity contribution in [2.24, 2.45) is 5.73 Å². The van der Waals surface area contributed by atoms with Crippen molar-refractivity contribution < 1.29 is 37.6 Å². The molecule has 0 amide bonds. The van der Waals surface area contributed by atoms with Crippen molar-refractivity contribution in [2.75, 3.05) is 26.4 Å². The fourth-order valence-electron chi connectivity index (χ4n) is 7.11. The summed E-state index contributed by atoms with van der Waals surface area (Å²) in [5, 5.41) is 0. The second kappa shape index (κ2) is 57.2. The van der Waals surface area contributed by atoms with Gasteiger partial charge in [0.05, 0.1) is 13.2 Å².